The summed E-state index contributed by atoms with van der Waals surface area (Å²) in [6.07, 6.45) is -4.69. The number of aromatic nitrogens is 1. The third-order valence-electron chi connectivity index (χ3n) is 6.88. The second kappa shape index (κ2) is 20.2. The van der Waals surface area contributed by atoms with Crippen LogP contribution in [0.15, 0.2) is 69.2 Å². The lowest BCUT2D eigenvalue weighted by Gasteiger charge is -2.18. The molecule has 0 fully saturated rings. The van der Waals surface area contributed by atoms with Crippen LogP contribution in [-0.4, -0.2) is 93.7 Å². The lowest BCUT2D eigenvalue weighted by molar-refractivity contribution is -0.137. The van der Waals surface area contributed by atoms with Crippen LogP contribution in [0.3, 0.4) is 0 Å². The second-order valence-electron chi connectivity index (χ2n) is 10.3. The van der Waals surface area contributed by atoms with Crippen molar-refractivity contribution in [1.82, 2.24) is 20.5 Å². The van der Waals surface area contributed by atoms with Gasteiger partial charge in [0.25, 0.3) is 11.5 Å². The van der Waals surface area contributed by atoms with E-state index in [1.807, 2.05) is 6.07 Å². The van der Waals surface area contributed by atoms with Gasteiger partial charge in [-0.25, -0.2) is 9.00 Å². The van der Waals surface area contributed by atoms with Crippen molar-refractivity contribution in [3.8, 4) is 11.8 Å². The maximum Gasteiger partial charge on any atom is 0.416 e. The third kappa shape index (κ3) is 12.1. The monoisotopic (exact) mass is 721 g/mol. The highest BCUT2D eigenvalue weighted by molar-refractivity contribution is 7.85. The third-order valence-corrected chi connectivity index (χ3v) is 8.39. The van der Waals surface area contributed by atoms with Gasteiger partial charge in [0.1, 0.15) is 5.56 Å². The number of nitrogens with zero attached hydrogens (tertiary/aromatic N) is 2. The molecule has 1 atom stereocenters. The summed E-state index contributed by atoms with van der Waals surface area (Å²) in [5, 5.41) is 16.7. The number of halogens is 3. The molecule has 13 nitrogen and oxygen atoms in total. The highest BCUT2D eigenvalue weighted by Gasteiger charge is 2.31. The molecular weight excluding hydrogens is 683 g/mol. The smallest absolute Gasteiger partial charge is 0.377 e. The number of pyridine rings is 1. The summed E-state index contributed by atoms with van der Waals surface area (Å²) in [6.45, 7) is 4.05. The summed E-state index contributed by atoms with van der Waals surface area (Å²) in [4.78, 5) is 38.1. The van der Waals surface area contributed by atoms with Crippen LogP contribution in [0, 0.1) is 18.3 Å². The molecule has 0 aliphatic rings. The van der Waals surface area contributed by atoms with Crippen LogP contribution in [0.1, 0.15) is 27.2 Å². The van der Waals surface area contributed by atoms with Crippen LogP contribution in [0.5, 0.6) is 0 Å². The molecule has 1 heterocycles. The van der Waals surface area contributed by atoms with Gasteiger partial charge in [-0.3, -0.25) is 14.2 Å². The number of nitriles is 1. The number of benzene rings is 2. The summed E-state index contributed by atoms with van der Waals surface area (Å²) in [7, 11) is -0.448. The van der Waals surface area contributed by atoms with E-state index in [2.05, 4.69) is 16.0 Å². The van der Waals surface area contributed by atoms with Gasteiger partial charge in [0.2, 0.25) is 0 Å². The van der Waals surface area contributed by atoms with E-state index in [0.29, 0.717) is 45.1 Å². The molecule has 0 radical (unpaired) electrons. The first kappa shape index (κ1) is 39.8. The van der Waals surface area contributed by atoms with Crippen LogP contribution >= 0.6 is 0 Å². The Morgan fingerprint density at radius 3 is 1.96 bits per heavy atom. The first-order chi connectivity index (χ1) is 24.0. The van der Waals surface area contributed by atoms with Crippen molar-refractivity contribution in [3.63, 3.8) is 0 Å². The summed E-state index contributed by atoms with van der Waals surface area (Å²) in [5.41, 5.74) is -2.11. The largest absolute Gasteiger partial charge is 0.416 e. The number of carbonyl (C=O) groups is 2. The topological polar surface area (TPSA) is 170 Å². The fraction of sp³-hybridized carbons (Fsp3) is 0.394. The van der Waals surface area contributed by atoms with E-state index in [-0.39, 0.29) is 53.6 Å². The van der Waals surface area contributed by atoms with E-state index in [1.54, 1.807) is 0 Å². The van der Waals surface area contributed by atoms with Crippen molar-refractivity contribution >= 4 is 22.7 Å². The molecule has 0 bridgehead atoms. The van der Waals surface area contributed by atoms with E-state index in [0.717, 1.165) is 22.8 Å². The molecule has 0 aliphatic heterocycles. The highest BCUT2D eigenvalue weighted by atomic mass is 32.2. The van der Waals surface area contributed by atoms with E-state index in [1.165, 1.54) is 50.4 Å². The molecule has 2 aromatic carbocycles. The molecule has 3 N–H and O–H groups in total. The van der Waals surface area contributed by atoms with Crippen molar-refractivity contribution in [3.05, 3.63) is 87.3 Å². The van der Waals surface area contributed by atoms with Crippen molar-refractivity contribution in [2.45, 2.75) is 22.9 Å². The van der Waals surface area contributed by atoms with Gasteiger partial charge >= 0.3 is 12.2 Å². The molecule has 3 amide bonds. The summed E-state index contributed by atoms with van der Waals surface area (Å²) >= 11 is 0. The Hall–Kier alpha value is -4.60. The molecule has 0 aliphatic carbocycles. The number of carbonyl (C=O) groups excluding carboxylic acids is 2. The predicted molar refractivity (Wildman–Crippen MR) is 176 cm³/mol. The number of amides is 3. The fourth-order valence-electron chi connectivity index (χ4n) is 4.36. The maximum atomic E-state index is 13.6. The Balaban J connectivity index is 1.56. The first-order valence-corrected chi connectivity index (χ1v) is 16.5. The zero-order valence-corrected chi connectivity index (χ0v) is 28.3. The molecule has 0 saturated carbocycles. The Bertz CT molecular complexity index is 1710. The summed E-state index contributed by atoms with van der Waals surface area (Å²) in [5.74, 6) is -0.836. The molecule has 0 saturated heterocycles. The van der Waals surface area contributed by atoms with Gasteiger partial charge in [-0.15, -0.1) is 0 Å². The number of nitrogens with one attached hydrogen (secondary N) is 3. The summed E-state index contributed by atoms with van der Waals surface area (Å²) < 4.78 is 76.7. The molecular formula is C33H38F3N5O8S. The Kier molecular flexibility index (Phi) is 16.1. The summed E-state index contributed by atoms with van der Waals surface area (Å²) in [6, 6.07) is 12.7. The van der Waals surface area contributed by atoms with Gasteiger partial charge in [-0.05, 0) is 55.5 Å². The first-order valence-electron chi connectivity index (χ1n) is 15.4. The number of hydrogen-bond acceptors (Lipinski definition) is 9. The minimum absolute atomic E-state index is 0.00843. The van der Waals surface area contributed by atoms with Crippen molar-refractivity contribution in [2.75, 3.05) is 73.0 Å². The number of ether oxygens (including phenoxy) is 4. The normalized spacial score (nSPS) is 11.8. The molecule has 1 unspecified atom stereocenters. The van der Waals surface area contributed by atoms with Crippen molar-refractivity contribution < 1.29 is 45.9 Å². The van der Waals surface area contributed by atoms with E-state index < -0.39 is 39.6 Å². The Labute approximate surface area is 289 Å². The SMILES string of the molecule is CNC(=O)NCCOCCOCCOCCOCCNC(=O)c1cc(S(=O)c2ccc(C#N)cc2)c(C)n(-c2cccc(C(F)(F)F)c2)c1=O. The maximum absolute atomic E-state index is 13.6. The average molecular weight is 722 g/mol. The molecule has 50 heavy (non-hydrogen) atoms. The van der Waals surface area contributed by atoms with Gasteiger partial charge in [0, 0.05) is 36.4 Å². The zero-order chi connectivity index (χ0) is 36.5. The molecule has 1 aromatic heterocycles. The Morgan fingerprint density at radius 2 is 1.42 bits per heavy atom. The van der Waals surface area contributed by atoms with Gasteiger partial charge < -0.3 is 34.9 Å². The highest BCUT2D eigenvalue weighted by Crippen LogP contribution is 2.31. The van der Waals surface area contributed by atoms with Crippen LogP contribution < -0.4 is 21.5 Å². The Morgan fingerprint density at radius 1 is 0.860 bits per heavy atom. The van der Waals surface area contributed by atoms with Gasteiger partial charge in [0.15, 0.2) is 0 Å². The average Bonchev–Trinajstić information content (AvgIpc) is 3.10. The quantitative estimate of drug-likeness (QED) is 0.158. The van der Waals surface area contributed by atoms with Crippen LogP contribution in [-0.2, 0) is 35.9 Å². The van der Waals surface area contributed by atoms with Gasteiger partial charge in [0.05, 0.1) is 85.7 Å². The molecule has 0 spiro atoms. The van der Waals surface area contributed by atoms with Crippen LogP contribution in [0.25, 0.3) is 5.69 Å². The predicted octanol–water partition coefficient (Wildman–Crippen LogP) is 2.93. The second-order valence-corrected chi connectivity index (χ2v) is 11.8. The molecule has 3 aromatic rings. The van der Waals surface area contributed by atoms with Crippen LogP contribution in [0.2, 0.25) is 0 Å². The zero-order valence-electron chi connectivity index (χ0n) is 27.5. The number of hydrogen-bond donors (Lipinski definition) is 3. The van der Waals surface area contributed by atoms with E-state index in [9.17, 15) is 31.8 Å². The van der Waals surface area contributed by atoms with Gasteiger partial charge in [-0.1, -0.05) is 6.07 Å². The molecule has 3 rings (SSSR count). The minimum atomic E-state index is -4.69. The molecule has 17 heteroatoms. The van der Waals surface area contributed by atoms with E-state index in [4.69, 9.17) is 24.2 Å². The van der Waals surface area contributed by atoms with Gasteiger partial charge in [-0.2, -0.15) is 18.4 Å². The van der Waals surface area contributed by atoms with E-state index >= 15 is 0 Å². The lowest BCUT2D eigenvalue weighted by Crippen LogP contribution is -2.35. The van der Waals surface area contributed by atoms with Crippen molar-refractivity contribution in [2.24, 2.45) is 0 Å². The van der Waals surface area contributed by atoms with Crippen molar-refractivity contribution in [1.29, 1.82) is 5.26 Å². The standard InChI is InChI=1S/C33H38F3N5O8S/c1-23-29(50(45)27-8-6-24(22-37)7-9-27)21-28(31(43)41(23)26-5-3-4-25(20-26)33(34,35)36)30(42)39-10-12-46-14-16-48-18-19-49-17-15-47-13-11-40-32(44)38-2/h3-9,20-21H,10-19H2,1-2H3,(H,39,42)(H2,38,40,44). The molecule has 270 valence electrons. The number of urea groups is 1. The number of rotatable bonds is 19. The number of alkyl halides is 3. The fourth-order valence-corrected chi connectivity index (χ4v) is 5.58. The van der Waals surface area contributed by atoms with Crippen LogP contribution in [0.4, 0.5) is 18.0 Å². The lowest BCUT2D eigenvalue weighted by atomic mass is 10.1. The minimum Gasteiger partial charge on any atom is -0.377 e.